The number of hydrogen-bond donors (Lipinski definition) is 0. The van der Waals surface area contributed by atoms with Crippen LogP contribution in [-0.2, 0) is 22.6 Å². The first-order valence-corrected chi connectivity index (χ1v) is 7.00. The predicted molar refractivity (Wildman–Crippen MR) is 74.1 cm³/mol. The van der Waals surface area contributed by atoms with Gasteiger partial charge in [-0.2, -0.15) is 0 Å². The van der Waals surface area contributed by atoms with E-state index in [0.717, 1.165) is 31.0 Å². The van der Waals surface area contributed by atoms with Crippen molar-refractivity contribution in [3.8, 4) is 0 Å². The van der Waals surface area contributed by atoms with Crippen LogP contribution >= 0.6 is 0 Å². The summed E-state index contributed by atoms with van der Waals surface area (Å²) < 4.78 is 13.3. The molecule has 1 fully saturated rings. The maximum atomic E-state index is 6.01. The van der Waals surface area contributed by atoms with Crippen LogP contribution in [0.5, 0.6) is 0 Å². The van der Waals surface area contributed by atoms with Crippen molar-refractivity contribution in [1.29, 1.82) is 0 Å². The summed E-state index contributed by atoms with van der Waals surface area (Å²) in [6, 6.07) is 0. The molecule has 1 atom stereocenters. The second-order valence-electron chi connectivity index (χ2n) is 5.30. The Kier molecular flexibility index (Phi) is 5.36. The summed E-state index contributed by atoms with van der Waals surface area (Å²) in [5.41, 5.74) is 1.16. The lowest BCUT2D eigenvalue weighted by atomic mass is 10.1. The molecule has 1 aliphatic heterocycles. The third-order valence-corrected chi connectivity index (χ3v) is 3.69. The third kappa shape index (κ3) is 4.03. The first-order valence-electron chi connectivity index (χ1n) is 7.00. The summed E-state index contributed by atoms with van der Waals surface area (Å²) in [6.45, 7) is 6.41. The number of likely N-dealkylation sites (tertiary alicyclic amines) is 1. The number of aromatic nitrogens is 2. The van der Waals surface area contributed by atoms with Gasteiger partial charge in [0, 0.05) is 32.1 Å². The number of likely N-dealkylation sites (N-methyl/N-ethyl adjacent to an activating group) is 1. The summed E-state index contributed by atoms with van der Waals surface area (Å²) in [6.07, 6.45) is 4.62. The van der Waals surface area contributed by atoms with E-state index in [-0.39, 0.29) is 0 Å². The summed E-state index contributed by atoms with van der Waals surface area (Å²) in [5, 5.41) is 0. The van der Waals surface area contributed by atoms with Crippen LogP contribution in [0, 0.1) is 6.92 Å². The van der Waals surface area contributed by atoms with Gasteiger partial charge < -0.3 is 18.9 Å². The van der Waals surface area contributed by atoms with E-state index in [1.54, 1.807) is 7.11 Å². The van der Waals surface area contributed by atoms with E-state index in [1.807, 2.05) is 6.20 Å². The van der Waals surface area contributed by atoms with Crippen LogP contribution in [-0.4, -0.2) is 54.4 Å². The molecule has 1 aromatic heterocycles. The highest BCUT2D eigenvalue weighted by Gasteiger charge is 2.18. The number of aryl methyl sites for hydroxylation is 1. The predicted octanol–water partition coefficient (Wildman–Crippen LogP) is 1.45. The molecule has 108 valence electrons. The maximum Gasteiger partial charge on any atom is 0.135 e. The van der Waals surface area contributed by atoms with Gasteiger partial charge in [0.1, 0.15) is 12.4 Å². The number of ether oxygens (including phenoxy) is 2. The second-order valence-corrected chi connectivity index (χ2v) is 5.30. The zero-order valence-electron chi connectivity index (χ0n) is 12.3. The Hall–Kier alpha value is -0.910. The van der Waals surface area contributed by atoms with E-state index < -0.39 is 0 Å². The third-order valence-electron chi connectivity index (χ3n) is 3.69. The van der Waals surface area contributed by atoms with Crippen molar-refractivity contribution in [2.45, 2.75) is 39.0 Å². The van der Waals surface area contributed by atoms with Gasteiger partial charge in [-0.1, -0.05) is 0 Å². The van der Waals surface area contributed by atoms with Gasteiger partial charge in [-0.25, -0.2) is 4.98 Å². The van der Waals surface area contributed by atoms with Crippen molar-refractivity contribution >= 4 is 0 Å². The molecular formula is C14H25N3O2. The second kappa shape index (κ2) is 7.03. The van der Waals surface area contributed by atoms with Crippen LogP contribution < -0.4 is 0 Å². The molecule has 0 aromatic carbocycles. The molecule has 0 spiro atoms. The van der Waals surface area contributed by atoms with Gasteiger partial charge in [0.15, 0.2) is 0 Å². The Morgan fingerprint density at radius 2 is 2.32 bits per heavy atom. The van der Waals surface area contributed by atoms with Gasteiger partial charge in [-0.15, -0.1) is 0 Å². The molecule has 2 rings (SSSR count). The molecule has 0 radical (unpaired) electrons. The molecule has 1 unspecified atom stereocenters. The van der Waals surface area contributed by atoms with Crippen LogP contribution in [0.1, 0.15) is 24.4 Å². The fourth-order valence-electron chi connectivity index (χ4n) is 2.56. The summed E-state index contributed by atoms with van der Waals surface area (Å²) in [4.78, 5) is 6.77. The lowest BCUT2D eigenvalue weighted by Gasteiger charge is -2.29. The van der Waals surface area contributed by atoms with Crippen molar-refractivity contribution in [2.75, 3.05) is 33.9 Å². The Morgan fingerprint density at radius 3 is 3.05 bits per heavy atom. The lowest BCUT2D eigenvalue weighted by molar-refractivity contribution is -0.00767. The molecule has 2 heterocycles. The standard InChI is InChI=1S/C14H25N3O2/c1-12-9-15-14(17(12)7-8-18-3)11-19-13-5-4-6-16(2)10-13/h9,13H,4-8,10-11H2,1-3H3. The average molecular weight is 267 g/mol. The molecule has 19 heavy (non-hydrogen) atoms. The minimum absolute atomic E-state index is 0.339. The number of nitrogens with zero attached hydrogens (tertiary/aromatic N) is 3. The summed E-state index contributed by atoms with van der Waals surface area (Å²) in [7, 11) is 3.87. The first kappa shape index (κ1) is 14.5. The zero-order valence-corrected chi connectivity index (χ0v) is 12.3. The molecule has 1 saturated heterocycles. The van der Waals surface area contributed by atoms with E-state index in [0.29, 0.717) is 19.3 Å². The normalized spacial score (nSPS) is 20.9. The molecule has 5 heteroatoms. The minimum Gasteiger partial charge on any atom is -0.383 e. The van der Waals surface area contributed by atoms with E-state index in [4.69, 9.17) is 9.47 Å². The van der Waals surface area contributed by atoms with Gasteiger partial charge in [0.2, 0.25) is 0 Å². The Bertz CT molecular complexity index is 392. The monoisotopic (exact) mass is 267 g/mol. The molecule has 0 amide bonds. The Labute approximate surface area is 115 Å². The van der Waals surface area contributed by atoms with Gasteiger partial charge in [0.05, 0.1) is 12.7 Å². The van der Waals surface area contributed by atoms with Gasteiger partial charge in [0.25, 0.3) is 0 Å². The van der Waals surface area contributed by atoms with Gasteiger partial charge in [-0.05, 0) is 33.4 Å². The van der Waals surface area contributed by atoms with Crippen LogP contribution in [0.25, 0.3) is 0 Å². The van der Waals surface area contributed by atoms with Crippen molar-refractivity contribution in [2.24, 2.45) is 0 Å². The van der Waals surface area contributed by atoms with Crippen LogP contribution in [0.2, 0.25) is 0 Å². The van der Waals surface area contributed by atoms with E-state index in [9.17, 15) is 0 Å². The molecule has 1 aliphatic rings. The molecule has 0 bridgehead atoms. The largest absolute Gasteiger partial charge is 0.383 e. The van der Waals surface area contributed by atoms with Crippen LogP contribution in [0.3, 0.4) is 0 Å². The fraction of sp³-hybridized carbons (Fsp3) is 0.786. The summed E-state index contributed by atoms with van der Waals surface area (Å²) >= 11 is 0. The van der Waals surface area contributed by atoms with Crippen molar-refractivity contribution in [3.63, 3.8) is 0 Å². The molecular weight excluding hydrogens is 242 g/mol. The molecule has 0 N–H and O–H groups in total. The molecule has 0 saturated carbocycles. The smallest absolute Gasteiger partial charge is 0.135 e. The van der Waals surface area contributed by atoms with E-state index in [1.165, 1.54) is 13.0 Å². The highest BCUT2D eigenvalue weighted by Crippen LogP contribution is 2.14. The lowest BCUT2D eigenvalue weighted by Crippen LogP contribution is -2.37. The molecule has 5 nitrogen and oxygen atoms in total. The Balaban J connectivity index is 1.88. The number of methoxy groups -OCH3 is 1. The molecule has 1 aromatic rings. The van der Waals surface area contributed by atoms with Crippen LogP contribution in [0.15, 0.2) is 6.20 Å². The number of piperidine rings is 1. The summed E-state index contributed by atoms with van der Waals surface area (Å²) in [5.74, 6) is 1.00. The van der Waals surface area contributed by atoms with Crippen LogP contribution in [0.4, 0.5) is 0 Å². The van der Waals surface area contributed by atoms with E-state index >= 15 is 0 Å². The average Bonchev–Trinajstić information content (AvgIpc) is 2.75. The Morgan fingerprint density at radius 1 is 1.47 bits per heavy atom. The quantitative estimate of drug-likeness (QED) is 0.782. The molecule has 0 aliphatic carbocycles. The van der Waals surface area contributed by atoms with Crippen molar-refractivity contribution in [3.05, 3.63) is 17.7 Å². The van der Waals surface area contributed by atoms with Gasteiger partial charge in [-0.3, -0.25) is 0 Å². The number of hydrogen-bond acceptors (Lipinski definition) is 4. The zero-order chi connectivity index (χ0) is 13.7. The first-order chi connectivity index (χ1) is 9.20. The van der Waals surface area contributed by atoms with Gasteiger partial charge >= 0.3 is 0 Å². The maximum absolute atomic E-state index is 6.01. The SMILES string of the molecule is COCCn1c(C)cnc1COC1CCCN(C)C1. The van der Waals surface area contributed by atoms with Crippen molar-refractivity contribution in [1.82, 2.24) is 14.5 Å². The highest BCUT2D eigenvalue weighted by molar-refractivity contribution is 5.02. The topological polar surface area (TPSA) is 39.5 Å². The number of imidazole rings is 1. The number of rotatable bonds is 6. The minimum atomic E-state index is 0.339. The van der Waals surface area contributed by atoms with Crippen molar-refractivity contribution < 1.29 is 9.47 Å². The fourth-order valence-corrected chi connectivity index (χ4v) is 2.56. The van der Waals surface area contributed by atoms with E-state index in [2.05, 4.69) is 28.4 Å². The highest BCUT2D eigenvalue weighted by atomic mass is 16.5.